The number of hydrogen-bond acceptors (Lipinski definition) is 8. The monoisotopic (exact) mass is 493 g/mol. The first-order valence-electron chi connectivity index (χ1n) is 9.82. The van der Waals surface area contributed by atoms with Crippen molar-refractivity contribution in [1.82, 2.24) is 25.2 Å². The van der Waals surface area contributed by atoms with Gasteiger partial charge in [0.05, 0.1) is 16.9 Å². The number of halogens is 1. The van der Waals surface area contributed by atoms with Crippen molar-refractivity contribution >= 4 is 41.2 Å². The second-order valence-corrected chi connectivity index (χ2v) is 8.17. The van der Waals surface area contributed by atoms with E-state index in [0.717, 1.165) is 11.3 Å². The largest absolute Gasteiger partial charge is 0.272 e. The minimum atomic E-state index is -0.496. The lowest BCUT2D eigenvalue weighted by molar-refractivity contribution is -0.384. The van der Waals surface area contributed by atoms with Crippen molar-refractivity contribution in [2.75, 3.05) is 5.75 Å². The molecule has 0 aliphatic rings. The molecule has 0 saturated carbocycles. The summed E-state index contributed by atoms with van der Waals surface area (Å²) in [7, 11) is 0. The van der Waals surface area contributed by atoms with Crippen molar-refractivity contribution in [1.29, 1.82) is 0 Å². The number of nitrogens with zero attached hydrogens (tertiary/aromatic N) is 6. The minimum absolute atomic E-state index is 0.0222. The molecular weight excluding hydrogens is 478 g/mol. The number of carbonyl (C=O) groups excluding carboxylic acids is 1. The van der Waals surface area contributed by atoms with E-state index >= 15 is 0 Å². The summed E-state index contributed by atoms with van der Waals surface area (Å²) >= 11 is 7.22. The molecule has 0 aliphatic heterocycles. The van der Waals surface area contributed by atoms with Crippen LogP contribution in [0.25, 0.3) is 17.1 Å². The highest BCUT2D eigenvalue weighted by atomic mass is 35.5. The van der Waals surface area contributed by atoms with Crippen molar-refractivity contribution < 1.29 is 9.72 Å². The fraction of sp³-hybridized carbons (Fsp3) is 0.0455. The molecule has 0 radical (unpaired) electrons. The van der Waals surface area contributed by atoms with E-state index in [1.807, 2.05) is 28.8 Å². The van der Waals surface area contributed by atoms with E-state index in [0.29, 0.717) is 21.6 Å². The summed E-state index contributed by atoms with van der Waals surface area (Å²) in [6, 6.07) is 16.8. The number of thioether (sulfide) groups is 1. The molecule has 0 atom stereocenters. The van der Waals surface area contributed by atoms with Crippen molar-refractivity contribution in [2.24, 2.45) is 5.10 Å². The van der Waals surface area contributed by atoms with Crippen LogP contribution in [0.5, 0.6) is 0 Å². The molecule has 0 fully saturated rings. The lowest BCUT2D eigenvalue weighted by Gasteiger charge is -2.10. The lowest BCUT2D eigenvalue weighted by atomic mass is 10.2. The van der Waals surface area contributed by atoms with Crippen molar-refractivity contribution in [3.05, 3.63) is 93.8 Å². The Labute approximate surface area is 202 Å². The van der Waals surface area contributed by atoms with Crippen molar-refractivity contribution in [3.63, 3.8) is 0 Å². The molecule has 2 heterocycles. The smallest absolute Gasteiger partial charge is 0.270 e. The number of nitrogens with one attached hydrogen (secondary N) is 1. The van der Waals surface area contributed by atoms with Crippen LogP contribution >= 0.6 is 23.4 Å². The standard InChI is InChI=1S/C22H16ClN7O3S/c23-17-4-6-18(7-5-17)29-21(16-8-10-24-11-9-16)27-28-22(29)34-14-20(31)26-25-13-15-2-1-3-19(12-15)30(32)33/h1-13H,14H2,(H,26,31)/b25-13+. The molecule has 1 amide bonds. The Morgan fingerprint density at radius 1 is 1.15 bits per heavy atom. The first kappa shape index (κ1) is 23.1. The summed E-state index contributed by atoms with van der Waals surface area (Å²) in [5, 5.41) is 24.4. The van der Waals surface area contributed by atoms with Crippen LogP contribution in [0.15, 0.2) is 83.3 Å². The normalized spacial score (nSPS) is 11.0. The van der Waals surface area contributed by atoms with Gasteiger partial charge < -0.3 is 0 Å². The van der Waals surface area contributed by atoms with Gasteiger partial charge in [-0.15, -0.1) is 10.2 Å². The van der Waals surface area contributed by atoms with Crippen LogP contribution in [0.3, 0.4) is 0 Å². The third-order valence-corrected chi connectivity index (χ3v) is 5.65. The molecular formula is C22H16ClN7O3S. The number of pyridine rings is 1. The summed E-state index contributed by atoms with van der Waals surface area (Å²) in [4.78, 5) is 26.7. The highest BCUT2D eigenvalue weighted by molar-refractivity contribution is 7.99. The topological polar surface area (TPSA) is 128 Å². The zero-order valence-corrected chi connectivity index (χ0v) is 19.0. The lowest BCUT2D eigenvalue weighted by Crippen LogP contribution is -2.20. The molecule has 170 valence electrons. The molecule has 10 nitrogen and oxygen atoms in total. The van der Waals surface area contributed by atoms with Gasteiger partial charge in [0.25, 0.3) is 11.6 Å². The number of aromatic nitrogens is 4. The maximum atomic E-state index is 12.3. The Hall–Kier alpha value is -4.09. The number of nitro benzene ring substituents is 1. The Balaban J connectivity index is 1.48. The predicted octanol–water partition coefficient (Wildman–Crippen LogP) is 4.13. The van der Waals surface area contributed by atoms with Gasteiger partial charge in [-0.1, -0.05) is 35.5 Å². The first-order valence-corrected chi connectivity index (χ1v) is 11.2. The number of carbonyl (C=O) groups is 1. The number of benzene rings is 2. The van der Waals surface area contributed by atoms with E-state index in [4.69, 9.17) is 11.6 Å². The molecule has 34 heavy (non-hydrogen) atoms. The van der Waals surface area contributed by atoms with E-state index in [9.17, 15) is 14.9 Å². The van der Waals surface area contributed by atoms with Crippen LogP contribution in [-0.2, 0) is 4.79 Å². The van der Waals surface area contributed by atoms with Crippen LogP contribution in [0, 0.1) is 10.1 Å². The average Bonchev–Trinajstić information content (AvgIpc) is 3.28. The molecule has 4 aromatic rings. The molecule has 12 heteroatoms. The fourth-order valence-electron chi connectivity index (χ4n) is 2.93. The zero-order chi connectivity index (χ0) is 23.9. The number of nitro groups is 1. The zero-order valence-electron chi connectivity index (χ0n) is 17.4. The molecule has 2 aromatic heterocycles. The predicted molar refractivity (Wildman–Crippen MR) is 129 cm³/mol. The van der Waals surface area contributed by atoms with E-state index in [2.05, 4.69) is 25.7 Å². The number of rotatable bonds is 8. The van der Waals surface area contributed by atoms with Gasteiger partial charge in [0, 0.05) is 46.4 Å². The molecule has 4 rings (SSSR count). The molecule has 1 N–H and O–H groups in total. The van der Waals surface area contributed by atoms with Gasteiger partial charge in [0.15, 0.2) is 11.0 Å². The van der Waals surface area contributed by atoms with Crippen LogP contribution < -0.4 is 5.43 Å². The van der Waals surface area contributed by atoms with Gasteiger partial charge in [-0.2, -0.15) is 5.10 Å². The van der Waals surface area contributed by atoms with Crippen molar-refractivity contribution in [3.8, 4) is 17.1 Å². The summed E-state index contributed by atoms with van der Waals surface area (Å²) in [5.74, 6) is 0.244. The summed E-state index contributed by atoms with van der Waals surface area (Å²) in [6.07, 6.45) is 4.67. The van der Waals surface area contributed by atoms with E-state index < -0.39 is 4.92 Å². The molecule has 0 bridgehead atoms. The summed E-state index contributed by atoms with van der Waals surface area (Å²) < 4.78 is 1.83. The maximum absolute atomic E-state index is 12.3. The van der Waals surface area contributed by atoms with Crippen LogP contribution in [0.1, 0.15) is 5.56 Å². The SMILES string of the molecule is O=C(CSc1nnc(-c2ccncc2)n1-c1ccc(Cl)cc1)N/N=C/c1cccc([N+](=O)[O-])c1. The van der Waals surface area contributed by atoms with Crippen molar-refractivity contribution in [2.45, 2.75) is 5.16 Å². The van der Waals surface area contributed by atoms with Gasteiger partial charge in [0.1, 0.15) is 0 Å². The van der Waals surface area contributed by atoms with Gasteiger partial charge in [-0.05, 0) is 36.4 Å². The number of amides is 1. The summed E-state index contributed by atoms with van der Waals surface area (Å²) in [5.41, 5.74) is 4.45. The van der Waals surface area contributed by atoms with Gasteiger partial charge >= 0.3 is 0 Å². The second-order valence-electron chi connectivity index (χ2n) is 6.79. The van der Waals surface area contributed by atoms with E-state index in [1.54, 1.807) is 36.7 Å². The maximum Gasteiger partial charge on any atom is 0.270 e. The van der Waals surface area contributed by atoms with Crippen LogP contribution in [0.2, 0.25) is 5.02 Å². The molecule has 2 aromatic carbocycles. The number of hydrogen-bond donors (Lipinski definition) is 1. The Morgan fingerprint density at radius 2 is 1.91 bits per heavy atom. The highest BCUT2D eigenvalue weighted by Crippen LogP contribution is 2.28. The molecule has 0 saturated heterocycles. The first-order chi connectivity index (χ1) is 16.5. The third-order valence-electron chi connectivity index (χ3n) is 4.47. The number of hydrazone groups is 1. The fourth-order valence-corrected chi connectivity index (χ4v) is 3.80. The highest BCUT2D eigenvalue weighted by Gasteiger charge is 2.17. The molecule has 0 unspecified atom stereocenters. The van der Waals surface area contributed by atoms with Gasteiger partial charge in [-0.25, -0.2) is 5.43 Å². The van der Waals surface area contributed by atoms with E-state index in [1.165, 1.54) is 30.1 Å². The molecule has 0 spiro atoms. The number of non-ortho nitro benzene ring substituents is 1. The Bertz CT molecular complexity index is 1340. The quantitative estimate of drug-likeness (QED) is 0.169. The second kappa shape index (κ2) is 10.7. The van der Waals surface area contributed by atoms with E-state index in [-0.39, 0.29) is 17.3 Å². The van der Waals surface area contributed by atoms with Gasteiger partial charge in [-0.3, -0.25) is 24.5 Å². The summed E-state index contributed by atoms with van der Waals surface area (Å²) in [6.45, 7) is 0. The van der Waals surface area contributed by atoms with Gasteiger partial charge in [0.2, 0.25) is 0 Å². The average molecular weight is 494 g/mol. The third kappa shape index (κ3) is 5.63. The minimum Gasteiger partial charge on any atom is -0.272 e. The molecule has 0 aliphatic carbocycles. The Kier molecular flexibility index (Phi) is 7.25. The van der Waals surface area contributed by atoms with Crippen LogP contribution in [0.4, 0.5) is 5.69 Å². The van der Waals surface area contributed by atoms with Crippen LogP contribution in [-0.4, -0.2) is 42.5 Å². The Morgan fingerprint density at radius 3 is 2.65 bits per heavy atom.